The first-order valence-electron chi connectivity index (χ1n) is 7.35. The van der Waals surface area contributed by atoms with Crippen LogP contribution in [0.1, 0.15) is 24.1 Å². The number of sulfonamides is 2. The third kappa shape index (κ3) is 5.27. The summed E-state index contributed by atoms with van der Waals surface area (Å²) in [7, 11) is -7.26. The molecule has 0 aliphatic heterocycles. The maximum Gasteiger partial charge on any atom is 0.242 e. The Bertz CT molecular complexity index is 989. The summed E-state index contributed by atoms with van der Waals surface area (Å²) in [4.78, 5) is 0.124. The third-order valence-electron chi connectivity index (χ3n) is 3.43. The molecule has 0 aromatic heterocycles. The number of benzene rings is 2. The monoisotopic (exact) mass is 446 g/mol. The van der Waals surface area contributed by atoms with Crippen molar-refractivity contribution in [2.45, 2.75) is 24.8 Å². The molecular formula is C16H19BrN2O4S2. The fourth-order valence-corrected chi connectivity index (χ4v) is 5.35. The first-order chi connectivity index (χ1) is 11.5. The molecule has 136 valence electrons. The van der Waals surface area contributed by atoms with Gasteiger partial charge in [0, 0.05) is 10.5 Å². The minimum absolute atomic E-state index is 0.124. The predicted molar refractivity (Wildman–Crippen MR) is 103 cm³/mol. The standard InChI is InChI=1S/C16H19BrN2O4S2/c1-11-8-9-16(14(17)10-11)25(22,23)18-12(2)13-6-4-5-7-15(13)19-24(3,20)21/h4-10,12,18-19H,1-3H3/t12-/m0/s1. The molecule has 0 amide bonds. The molecule has 0 heterocycles. The summed E-state index contributed by atoms with van der Waals surface area (Å²) in [5.41, 5.74) is 1.80. The predicted octanol–water partition coefficient (Wildman–Crippen LogP) is 3.17. The number of aryl methyl sites for hydroxylation is 1. The molecule has 2 aromatic rings. The van der Waals surface area contributed by atoms with E-state index >= 15 is 0 Å². The Morgan fingerprint density at radius 2 is 1.68 bits per heavy atom. The van der Waals surface area contributed by atoms with E-state index in [9.17, 15) is 16.8 Å². The zero-order valence-corrected chi connectivity index (χ0v) is 17.2. The summed E-state index contributed by atoms with van der Waals surface area (Å²) >= 11 is 3.27. The van der Waals surface area contributed by atoms with Gasteiger partial charge in [0.2, 0.25) is 20.0 Å². The van der Waals surface area contributed by atoms with E-state index in [4.69, 9.17) is 0 Å². The van der Waals surface area contributed by atoms with Gasteiger partial charge in [0.05, 0.1) is 16.8 Å². The minimum Gasteiger partial charge on any atom is -0.283 e. The zero-order valence-electron chi connectivity index (χ0n) is 13.9. The highest BCUT2D eigenvalue weighted by Gasteiger charge is 2.22. The fourth-order valence-electron chi connectivity index (χ4n) is 2.35. The van der Waals surface area contributed by atoms with Gasteiger partial charge < -0.3 is 0 Å². The second-order valence-electron chi connectivity index (χ2n) is 5.74. The molecule has 1 atom stereocenters. The van der Waals surface area contributed by atoms with Gasteiger partial charge in [0.15, 0.2) is 0 Å². The van der Waals surface area contributed by atoms with Crippen LogP contribution in [0.3, 0.4) is 0 Å². The van der Waals surface area contributed by atoms with Crippen molar-refractivity contribution in [2.75, 3.05) is 11.0 Å². The van der Waals surface area contributed by atoms with E-state index in [2.05, 4.69) is 25.4 Å². The van der Waals surface area contributed by atoms with Crippen molar-refractivity contribution < 1.29 is 16.8 Å². The van der Waals surface area contributed by atoms with Crippen LogP contribution in [-0.4, -0.2) is 23.1 Å². The largest absolute Gasteiger partial charge is 0.283 e. The van der Waals surface area contributed by atoms with Crippen LogP contribution in [0.2, 0.25) is 0 Å². The normalized spacial score (nSPS) is 13.4. The molecule has 2 rings (SSSR count). The van der Waals surface area contributed by atoms with Crippen molar-refractivity contribution in [3.63, 3.8) is 0 Å². The lowest BCUT2D eigenvalue weighted by Gasteiger charge is -2.19. The summed E-state index contributed by atoms with van der Waals surface area (Å²) in [5.74, 6) is 0. The molecular weight excluding hydrogens is 428 g/mol. The van der Waals surface area contributed by atoms with Crippen LogP contribution >= 0.6 is 15.9 Å². The highest BCUT2D eigenvalue weighted by atomic mass is 79.9. The molecule has 9 heteroatoms. The Labute approximate surface area is 156 Å². The Hall–Kier alpha value is -1.42. The molecule has 6 nitrogen and oxygen atoms in total. The topological polar surface area (TPSA) is 92.3 Å². The summed E-state index contributed by atoms with van der Waals surface area (Å²) in [5, 5.41) is 0. The van der Waals surface area contributed by atoms with Crippen molar-refractivity contribution in [1.82, 2.24) is 4.72 Å². The van der Waals surface area contributed by atoms with Gasteiger partial charge in [0.25, 0.3) is 0 Å². The Kier molecular flexibility index (Phi) is 5.93. The van der Waals surface area contributed by atoms with E-state index in [1.165, 1.54) is 6.07 Å². The van der Waals surface area contributed by atoms with Crippen LogP contribution in [0.5, 0.6) is 0 Å². The molecule has 0 fully saturated rings. The number of hydrogen-bond acceptors (Lipinski definition) is 4. The quantitative estimate of drug-likeness (QED) is 0.712. The summed E-state index contributed by atoms with van der Waals surface area (Å²) in [6.07, 6.45) is 1.04. The lowest BCUT2D eigenvalue weighted by atomic mass is 10.1. The van der Waals surface area contributed by atoms with Crippen LogP contribution in [0, 0.1) is 6.92 Å². The molecule has 2 N–H and O–H groups in total. The van der Waals surface area contributed by atoms with E-state index < -0.39 is 26.1 Å². The first-order valence-corrected chi connectivity index (χ1v) is 11.5. The maximum absolute atomic E-state index is 12.7. The highest BCUT2D eigenvalue weighted by molar-refractivity contribution is 9.10. The third-order valence-corrected chi connectivity index (χ3v) is 6.54. The number of anilines is 1. The van der Waals surface area contributed by atoms with Gasteiger partial charge in [-0.25, -0.2) is 21.6 Å². The Morgan fingerprint density at radius 3 is 2.28 bits per heavy atom. The number of rotatable bonds is 6. The average molecular weight is 447 g/mol. The summed E-state index contributed by atoms with van der Waals surface area (Å²) < 4.78 is 53.8. The second-order valence-corrected chi connectivity index (χ2v) is 10.0. The second kappa shape index (κ2) is 7.45. The van der Waals surface area contributed by atoms with Crippen molar-refractivity contribution in [3.8, 4) is 0 Å². The Morgan fingerprint density at radius 1 is 1.04 bits per heavy atom. The van der Waals surface area contributed by atoms with Crippen LogP contribution in [0.4, 0.5) is 5.69 Å². The lowest BCUT2D eigenvalue weighted by Crippen LogP contribution is -2.28. The van der Waals surface area contributed by atoms with E-state index in [-0.39, 0.29) is 4.90 Å². The molecule has 0 spiro atoms. The van der Waals surface area contributed by atoms with Gasteiger partial charge in [-0.3, -0.25) is 4.72 Å². The van der Waals surface area contributed by atoms with Crippen LogP contribution in [0.25, 0.3) is 0 Å². The number of halogens is 1. The van der Waals surface area contributed by atoms with Crippen LogP contribution < -0.4 is 9.44 Å². The van der Waals surface area contributed by atoms with Gasteiger partial charge in [-0.2, -0.15) is 0 Å². The fraction of sp³-hybridized carbons (Fsp3) is 0.250. The molecule has 25 heavy (non-hydrogen) atoms. The van der Waals surface area contributed by atoms with Gasteiger partial charge >= 0.3 is 0 Å². The van der Waals surface area contributed by atoms with Crippen LogP contribution in [0.15, 0.2) is 51.8 Å². The maximum atomic E-state index is 12.7. The van der Waals surface area contributed by atoms with Gasteiger partial charge in [-0.15, -0.1) is 0 Å². The number of para-hydroxylation sites is 1. The molecule has 0 saturated carbocycles. The lowest BCUT2D eigenvalue weighted by molar-refractivity contribution is 0.567. The van der Waals surface area contributed by atoms with Crippen molar-refractivity contribution in [2.24, 2.45) is 0 Å². The van der Waals surface area contributed by atoms with Crippen molar-refractivity contribution in [1.29, 1.82) is 0 Å². The molecule has 0 unspecified atom stereocenters. The molecule has 0 aliphatic rings. The number of hydrogen-bond donors (Lipinski definition) is 2. The molecule has 0 aliphatic carbocycles. The first kappa shape index (κ1) is 19.9. The smallest absolute Gasteiger partial charge is 0.242 e. The SMILES string of the molecule is Cc1ccc(S(=O)(=O)N[C@@H](C)c2ccccc2NS(C)(=O)=O)c(Br)c1. The van der Waals surface area contributed by atoms with E-state index in [0.29, 0.717) is 15.7 Å². The summed E-state index contributed by atoms with van der Waals surface area (Å²) in [6.45, 7) is 3.52. The van der Waals surface area contributed by atoms with E-state index in [1.807, 2.05) is 6.92 Å². The number of nitrogens with one attached hydrogen (secondary N) is 2. The summed E-state index contributed by atoms with van der Waals surface area (Å²) in [6, 6.07) is 11.0. The molecule has 0 radical (unpaired) electrons. The van der Waals surface area contributed by atoms with Crippen molar-refractivity contribution in [3.05, 3.63) is 58.1 Å². The Balaban J connectivity index is 2.35. The molecule has 0 bridgehead atoms. The van der Waals surface area contributed by atoms with E-state index in [1.54, 1.807) is 43.3 Å². The average Bonchev–Trinajstić information content (AvgIpc) is 2.45. The zero-order chi connectivity index (χ0) is 18.8. The van der Waals surface area contributed by atoms with Crippen molar-refractivity contribution >= 4 is 41.7 Å². The molecule has 0 saturated heterocycles. The highest BCUT2D eigenvalue weighted by Crippen LogP contribution is 2.27. The van der Waals surface area contributed by atoms with Gasteiger partial charge in [-0.05, 0) is 59.1 Å². The van der Waals surface area contributed by atoms with Crippen LogP contribution in [-0.2, 0) is 20.0 Å². The van der Waals surface area contributed by atoms with E-state index in [0.717, 1.165) is 11.8 Å². The minimum atomic E-state index is -3.79. The van der Waals surface area contributed by atoms with Gasteiger partial charge in [-0.1, -0.05) is 24.3 Å². The van der Waals surface area contributed by atoms with Gasteiger partial charge in [0.1, 0.15) is 0 Å². The molecule has 2 aromatic carbocycles.